The van der Waals surface area contributed by atoms with Crippen LogP contribution in [0.25, 0.3) is 0 Å². The van der Waals surface area contributed by atoms with E-state index in [-0.39, 0.29) is 18.2 Å². The Morgan fingerprint density at radius 1 is 0.970 bits per heavy atom. The summed E-state index contributed by atoms with van der Waals surface area (Å²) in [7, 11) is 0. The number of unbranched alkanes of at least 4 members (excludes halogenated alkanes) is 2. The number of amides is 1. The number of hydrogen-bond acceptors (Lipinski definition) is 8. The van der Waals surface area contributed by atoms with Gasteiger partial charge >= 0.3 is 5.97 Å². The number of ether oxygens (including phenoxy) is 4. The second-order valence-electron chi connectivity index (χ2n) is 8.37. The van der Waals surface area contributed by atoms with Crippen LogP contribution >= 0.6 is 0 Å². The van der Waals surface area contributed by atoms with Gasteiger partial charge < -0.3 is 18.9 Å². The highest BCUT2D eigenvalue weighted by Gasteiger charge is 2.62. The van der Waals surface area contributed by atoms with Crippen molar-refractivity contribution < 1.29 is 38.1 Å². The summed E-state index contributed by atoms with van der Waals surface area (Å²) in [4.78, 5) is 50.5. The number of nitrogens with zero attached hydrogens (tertiary/aromatic N) is 1. The molecule has 1 rings (SSSR count). The number of carbonyl (C=O) groups excluding carboxylic acids is 4. The fourth-order valence-electron chi connectivity index (χ4n) is 3.49. The zero-order chi connectivity index (χ0) is 25.2. The zero-order valence-corrected chi connectivity index (χ0v) is 21.0. The quantitative estimate of drug-likeness (QED) is 0.217. The van der Waals surface area contributed by atoms with Crippen LogP contribution in [-0.4, -0.2) is 72.2 Å². The smallest absolute Gasteiger partial charge is 0.303 e. The maximum atomic E-state index is 13.0. The second kappa shape index (κ2) is 13.6. The minimum Gasteiger partial charge on any atom is -0.455 e. The van der Waals surface area contributed by atoms with Crippen LogP contribution in [-0.2, 0) is 38.1 Å². The first kappa shape index (κ1) is 28.9. The predicted molar refractivity (Wildman–Crippen MR) is 121 cm³/mol. The molecule has 0 radical (unpaired) electrons. The van der Waals surface area contributed by atoms with Gasteiger partial charge in [-0.25, -0.2) is 0 Å². The van der Waals surface area contributed by atoms with E-state index in [1.165, 1.54) is 38.8 Å². The van der Waals surface area contributed by atoms with Gasteiger partial charge in [0.05, 0.1) is 6.61 Å². The number of Topliss-reactive ketones (excluding diaryl/α,β-unsaturated/α-hetero) is 2. The molecule has 0 aromatic heterocycles. The highest BCUT2D eigenvalue weighted by molar-refractivity contribution is 5.93. The predicted octanol–water partition coefficient (Wildman–Crippen LogP) is 2.95. The van der Waals surface area contributed by atoms with E-state index in [2.05, 4.69) is 0 Å². The molecule has 0 aromatic rings. The normalized spacial score (nSPS) is 25.1. The minimum atomic E-state index is -1.59. The van der Waals surface area contributed by atoms with Crippen LogP contribution in [0.2, 0.25) is 0 Å². The molecule has 4 atom stereocenters. The number of allylic oxidation sites excluding steroid dienone is 1. The minimum absolute atomic E-state index is 0.117. The second-order valence-corrected chi connectivity index (χ2v) is 8.37. The number of carbonyl (C=O) groups is 4. The van der Waals surface area contributed by atoms with Gasteiger partial charge in [-0.1, -0.05) is 26.7 Å². The van der Waals surface area contributed by atoms with Crippen molar-refractivity contribution in [3.63, 3.8) is 0 Å². The lowest BCUT2D eigenvalue weighted by molar-refractivity contribution is -0.178. The van der Waals surface area contributed by atoms with Crippen molar-refractivity contribution in [2.45, 2.75) is 98.2 Å². The van der Waals surface area contributed by atoms with Crippen LogP contribution in [0.4, 0.5) is 0 Å². The summed E-state index contributed by atoms with van der Waals surface area (Å²) in [5.74, 6) is -1.66. The fourth-order valence-corrected chi connectivity index (χ4v) is 3.49. The molecular weight excluding hydrogens is 430 g/mol. The molecule has 0 N–H and O–H groups in total. The Morgan fingerprint density at radius 3 is 2.06 bits per heavy atom. The molecule has 9 nitrogen and oxygen atoms in total. The molecule has 0 spiro atoms. The van der Waals surface area contributed by atoms with E-state index in [0.717, 1.165) is 25.7 Å². The van der Waals surface area contributed by atoms with Crippen molar-refractivity contribution in [1.29, 1.82) is 0 Å². The summed E-state index contributed by atoms with van der Waals surface area (Å²) < 4.78 is 23.6. The van der Waals surface area contributed by atoms with E-state index in [4.69, 9.17) is 18.9 Å². The molecule has 33 heavy (non-hydrogen) atoms. The fraction of sp³-hybridized carbons (Fsp3) is 0.750. The highest BCUT2D eigenvalue weighted by Crippen LogP contribution is 2.39. The van der Waals surface area contributed by atoms with Crippen LogP contribution in [0.15, 0.2) is 11.8 Å². The Morgan fingerprint density at radius 2 is 1.58 bits per heavy atom. The molecule has 1 amide bonds. The Labute approximate surface area is 196 Å². The standard InChI is InChI=1S/C24H39NO8/c1-8-10-12-30-15-24(18(5)27)22(31-13-11-9-2)21(32-20(7)29)23(33-24)25(19(6)28)14-16(3)17(4)26/h14,21-23H,8-13,15H2,1-7H3/b16-14-/t21-,22?,23+,24-/m0/s1. The average Bonchev–Trinajstić information content (AvgIpc) is 3.03. The summed E-state index contributed by atoms with van der Waals surface area (Å²) in [5.41, 5.74) is -1.28. The van der Waals surface area contributed by atoms with E-state index < -0.39 is 35.9 Å². The third-order valence-electron chi connectivity index (χ3n) is 5.55. The Hall–Kier alpha value is -2.10. The van der Waals surface area contributed by atoms with Gasteiger partial charge in [-0.2, -0.15) is 0 Å². The van der Waals surface area contributed by atoms with Gasteiger partial charge in [-0.15, -0.1) is 0 Å². The topological polar surface area (TPSA) is 108 Å². The van der Waals surface area contributed by atoms with Gasteiger partial charge in [-0.05, 0) is 33.6 Å². The summed E-state index contributed by atoms with van der Waals surface area (Å²) in [6.45, 7) is 11.5. The van der Waals surface area contributed by atoms with Crippen LogP contribution < -0.4 is 0 Å². The Balaban J connectivity index is 3.53. The van der Waals surface area contributed by atoms with E-state index in [1.807, 2.05) is 13.8 Å². The number of ketones is 2. The highest BCUT2D eigenvalue weighted by atomic mass is 16.7. The molecule has 1 aliphatic heterocycles. The molecule has 0 bridgehead atoms. The van der Waals surface area contributed by atoms with Crippen molar-refractivity contribution in [1.82, 2.24) is 4.90 Å². The lowest BCUT2D eigenvalue weighted by Crippen LogP contribution is -2.54. The lowest BCUT2D eigenvalue weighted by atomic mass is 9.91. The molecule has 1 saturated heterocycles. The van der Waals surface area contributed by atoms with Crippen molar-refractivity contribution in [2.24, 2.45) is 0 Å². The van der Waals surface area contributed by atoms with Crippen LogP contribution in [0, 0.1) is 0 Å². The summed E-state index contributed by atoms with van der Waals surface area (Å²) >= 11 is 0. The van der Waals surface area contributed by atoms with Gasteiger partial charge in [0.2, 0.25) is 5.91 Å². The van der Waals surface area contributed by atoms with Crippen LogP contribution in [0.1, 0.15) is 74.1 Å². The zero-order valence-electron chi connectivity index (χ0n) is 21.0. The number of esters is 1. The molecule has 1 unspecified atom stereocenters. The molecule has 1 fully saturated rings. The van der Waals surface area contributed by atoms with Crippen molar-refractivity contribution in [2.75, 3.05) is 19.8 Å². The monoisotopic (exact) mass is 469 g/mol. The molecule has 188 valence electrons. The summed E-state index contributed by atoms with van der Waals surface area (Å²) in [6.07, 6.45) is 1.37. The van der Waals surface area contributed by atoms with Crippen LogP contribution in [0.5, 0.6) is 0 Å². The summed E-state index contributed by atoms with van der Waals surface area (Å²) in [6, 6.07) is 0. The summed E-state index contributed by atoms with van der Waals surface area (Å²) in [5, 5.41) is 0. The van der Waals surface area contributed by atoms with Gasteiger partial charge in [0, 0.05) is 38.8 Å². The molecule has 9 heteroatoms. The molecule has 0 saturated carbocycles. The first-order valence-corrected chi connectivity index (χ1v) is 11.5. The lowest BCUT2D eigenvalue weighted by Gasteiger charge is -2.32. The van der Waals surface area contributed by atoms with Gasteiger partial charge in [0.1, 0.15) is 6.10 Å². The maximum absolute atomic E-state index is 13.0. The molecule has 1 aliphatic rings. The Bertz CT molecular complexity index is 734. The van der Waals surface area contributed by atoms with Crippen LogP contribution in [0.3, 0.4) is 0 Å². The number of rotatable bonds is 14. The van der Waals surface area contributed by atoms with Gasteiger partial charge in [-0.3, -0.25) is 24.1 Å². The Kier molecular flexibility index (Phi) is 11.9. The molecular formula is C24H39NO8. The average molecular weight is 470 g/mol. The third kappa shape index (κ3) is 7.72. The van der Waals surface area contributed by atoms with Crippen molar-refractivity contribution in [3.8, 4) is 0 Å². The molecule has 1 heterocycles. The van der Waals surface area contributed by atoms with Gasteiger partial charge in [0.25, 0.3) is 0 Å². The third-order valence-corrected chi connectivity index (χ3v) is 5.55. The first-order chi connectivity index (χ1) is 15.5. The van der Waals surface area contributed by atoms with Crippen molar-refractivity contribution >= 4 is 23.4 Å². The number of hydrogen-bond donors (Lipinski definition) is 0. The van der Waals surface area contributed by atoms with E-state index in [9.17, 15) is 19.2 Å². The maximum Gasteiger partial charge on any atom is 0.303 e. The largest absolute Gasteiger partial charge is 0.455 e. The first-order valence-electron chi connectivity index (χ1n) is 11.5. The van der Waals surface area contributed by atoms with Crippen molar-refractivity contribution in [3.05, 3.63) is 11.8 Å². The SMILES string of the molecule is CCCCOC[C@@]1(C(C)=O)O[C@@H](N(/C=C(/C)C(C)=O)C(C)=O)[C@@H](OC(C)=O)C1OCCCC. The van der Waals surface area contributed by atoms with E-state index in [0.29, 0.717) is 18.8 Å². The van der Waals surface area contributed by atoms with E-state index in [1.54, 1.807) is 6.92 Å². The van der Waals surface area contributed by atoms with Gasteiger partial charge in [0.15, 0.2) is 29.5 Å². The molecule has 0 aliphatic carbocycles. The van der Waals surface area contributed by atoms with E-state index >= 15 is 0 Å². The molecule has 0 aromatic carbocycles.